The average Bonchev–Trinajstić information content (AvgIpc) is 2.44. The van der Waals surface area contributed by atoms with Crippen LogP contribution >= 0.6 is 0 Å². The number of aliphatic carboxylic acids is 1. The molecule has 1 saturated carbocycles. The Morgan fingerprint density at radius 1 is 1.20 bits per heavy atom. The Kier molecular flexibility index (Phi) is 5.44. The highest BCUT2D eigenvalue weighted by Gasteiger charge is 2.31. The predicted octanol–water partition coefficient (Wildman–Crippen LogP) is 2.92. The Labute approximate surface area is 121 Å². The summed E-state index contributed by atoms with van der Waals surface area (Å²) in [6.45, 7) is 3.88. The van der Waals surface area contributed by atoms with Crippen LogP contribution in [-0.2, 0) is 9.59 Å². The van der Waals surface area contributed by atoms with E-state index in [4.69, 9.17) is 5.11 Å². The molecule has 0 radical (unpaired) electrons. The normalized spacial score (nSPS) is 31.1. The first kappa shape index (κ1) is 15.3. The molecular formula is C16H27NO3. The maximum Gasteiger partial charge on any atom is 0.303 e. The van der Waals surface area contributed by atoms with Crippen LogP contribution in [0.2, 0.25) is 0 Å². The standard InChI is InChI=1S/C16H27NO3/c1-12-4-2-6-14(10-12)16(20)17-9-3-5-13(11-17)7-8-15(18)19/h12-14H,2-11H2,1H3,(H,18,19). The van der Waals surface area contributed by atoms with Gasteiger partial charge in [0.05, 0.1) is 0 Å². The van der Waals surface area contributed by atoms with Crippen LogP contribution in [0.5, 0.6) is 0 Å². The third-order valence-electron chi connectivity index (χ3n) is 4.88. The molecule has 4 heteroatoms. The van der Waals surface area contributed by atoms with Gasteiger partial charge < -0.3 is 10.0 Å². The van der Waals surface area contributed by atoms with Crippen molar-refractivity contribution in [1.82, 2.24) is 4.90 Å². The first-order valence-corrected chi connectivity index (χ1v) is 8.07. The number of likely N-dealkylation sites (tertiary alicyclic amines) is 1. The van der Waals surface area contributed by atoms with Crippen molar-refractivity contribution in [2.45, 2.75) is 58.3 Å². The number of carboxylic acid groups (broad SMARTS) is 1. The zero-order valence-corrected chi connectivity index (χ0v) is 12.5. The molecule has 1 amide bonds. The molecule has 114 valence electrons. The lowest BCUT2D eigenvalue weighted by Gasteiger charge is -2.36. The molecule has 1 saturated heterocycles. The van der Waals surface area contributed by atoms with Crippen LogP contribution in [0.1, 0.15) is 58.3 Å². The number of hydrogen-bond donors (Lipinski definition) is 1. The number of piperidine rings is 1. The molecule has 20 heavy (non-hydrogen) atoms. The van der Waals surface area contributed by atoms with Gasteiger partial charge in [0.25, 0.3) is 0 Å². The maximum absolute atomic E-state index is 12.6. The van der Waals surface area contributed by atoms with E-state index in [0.29, 0.717) is 24.2 Å². The highest BCUT2D eigenvalue weighted by Crippen LogP contribution is 2.31. The fourth-order valence-corrected chi connectivity index (χ4v) is 3.75. The molecule has 0 aromatic carbocycles. The topological polar surface area (TPSA) is 57.6 Å². The van der Waals surface area contributed by atoms with Crippen LogP contribution in [0.3, 0.4) is 0 Å². The fraction of sp³-hybridized carbons (Fsp3) is 0.875. The number of nitrogens with zero attached hydrogens (tertiary/aromatic N) is 1. The Bertz CT molecular complexity index is 356. The first-order valence-electron chi connectivity index (χ1n) is 8.07. The smallest absolute Gasteiger partial charge is 0.303 e. The molecule has 0 aromatic rings. The van der Waals surface area contributed by atoms with E-state index < -0.39 is 5.97 Å². The molecule has 0 aromatic heterocycles. The summed E-state index contributed by atoms with van der Waals surface area (Å²) in [5.74, 6) is 0.873. The van der Waals surface area contributed by atoms with E-state index in [2.05, 4.69) is 6.92 Å². The van der Waals surface area contributed by atoms with Crippen molar-refractivity contribution in [3.05, 3.63) is 0 Å². The van der Waals surface area contributed by atoms with Gasteiger partial charge in [-0.15, -0.1) is 0 Å². The van der Waals surface area contributed by atoms with Gasteiger partial charge in [0, 0.05) is 25.4 Å². The van der Waals surface area contributed by atoms with E-state index in [1.807, 2.05) is 4.90 Å². The van der Waals surface area contributed by atoms with Crippen LogP contribution in [0.25, 0.3) is 0 Å². The molecule has 1 N–H and O–H groups in total. The Morgan fingerprint density at radius 2 is 2.00 bits per heavy atom. The van der Waals surface area contributed by atoms with E-state index in [9.17, 15) is 9.59 Å². The average molecular weight is 281 g/mol. The summed E-state index contributed by atoms with van der Waals surface area (Å²) in [6.07, 6.45) is 7.54. The van der Waals surface area contributed by atoms with Gasteiger partial charge in [0.15, 0.2) is 0 Å². The number of rotatable bonds is 4. The van der Waals surface area contributed by atoms with Gasteiger partial charge >= 0.3 is 5.97 Å². The zero-order valence-electron chi connectivity index (χ0n) is 12.5. The number of amides is 1. The lowest BCUT2D eigenvalue weighted by Crippen LogP contribution is -2.44. The molecule has 1 aliphatic carbocycles. The number of carboxylic acids is 1. The lowest BCUT2D eigenvalue weighted by atomic mass is 9.81. The Morgan fingerprint density at radius 3 is 2.70 bits per heavy atom. The van der Waals surface area contributed by atoms with Crippen molar-refractivity contribution in [3.63, 3.8) is 0 Å². The van der Waals surface area contributed by atoms with Crippen molar-refractivity contribution in [2.24, 2.45) is 17.8 Å². The third-order valence-corrected chi connectivity index (χ3v) is 4.88. The molecule has 0 spiro atoms. The number of carbonyl (C=O) groups is 2. The van der Waals surface area contributed by atoms with Crippen LogP contribution in [0.4, 0.5) is 0 Å². The van der Waals surface area contributed by atoms with Gasteiger partial charge in [-0.2, -0.15) is 0 Å². The SMILES string of the molecule is CC1CCCC(C(=O)N2CCCC(CCC(=O)O)C2)C1. The molecule has 1 heterocycles. The minimum Gasteiger partial charge on any atom is -0.481 e. The van der Waals surface area contributed by atoms with Crippen molar-refractivity contribution in [1.29, 1.82) is 0 Å². The molecule has 2 fully saturated rings. The highest BCUT2D eigenvalue weighted by molar-refractivity contribution is 5.79. The van der Waals surface area contributed by atoms with Gasteiger partial charge in [-0.25, -0.2) is 0 Å². The summed E-state index contributed by atoms with van der Waals surface area (Å²) < 4.78 is 0. The summed E-state index contributed by atoms with van der Waals surface area (Å²) in [5.41, 5.74) is 0. The van der Waals surface area contributed by atoms with Gasteiger partial charge in [-0.3, -0.25) is 9.59 Å². The van der Waals surface area contributed by atoms with Crippen LogP contribution in [0.15, 0.2) is 0 Å². The summed E-state index contributed by atoms with van der Waals surface area (Å²) >= 11 is 0. The Balaban J connectivity index is 1.84. The highest BCUT2D eigenvalue weighted by atomic mass is 16.4. The summed E-state index contributed by atoms with van der Waals surface area (Å²) in [7, 11) is 0. The van der Waals surface area contributed by atoms with Gasteiger partial charge in [0.2, 0.25) is 5.91 Å². The molecule has 0 bridgehead atoms. The summed E-state index contributed by atoms with van der Waals surface area (Å²) in [5, 5.41) is 8.77. The van der Waals surface area contributed by atoms with Crippen LogP contribution in [0, 0.1) is 17.8 Å². The van der Waals surface area contributed by atoms with E-state index in [-0.39, 0.29) is 12.3 Å². The number of hydrogen-bond acceptors (Lipinski definition) is 2. The first-order chi connectivity index (χ1) is 9.56. The monoisotopic (exact) mass is 281 g/mol. The minimum atomic E-state index is -0.727. The quantitative estimate of drug-likeness (QED) is 0.862. The maximum atomic E-state index is 12.6. The van der Waals surface area contributed by atoms with E-state index in [1.165, 1.54) is 12.8 Å². The van der Waals surface area contributed by atoms with Crippen molar-refractivity contribution >= 4 is 11.9 Å². The summed E-state index contributed by atoms with van der Waals surface area (Å²) in [4.78, 5) is 25.3. The van der Waals surface area contributed by atoms with Gasteiger partial charge in [0.1, 0.15) is 0 Å². The lowest BCUT2D eigenvalue weighted by molar-refractivity contribution is -0.139. The molecule has 2 aliphatic rings. The van der Waals surface area contributed by atoms with E-state index >= 15 is 0 Å². The second-order valence-electron chi connectivity index (χ2n) is 6.69. The predicted molar refractivity (Wildman–Crippen MR) is 77.3 cm³/mol. The number of carbonyl (C=O) groups excluding carboxylic acids is 1. The molecule has 2 rings (SSSR count). The van der Waals surface area contributed by atoms with Crippen LogP contribution in [-0.4, -0.2) is 35.0 Å². The fourth-order valence-electron chi connectivity index (χ4n) is 3.75. The van der Waals surface area contributed by atoms with E-state index in [1.54, 1.807) is 0 Å². The zero-order chi connectivity index (χ0) is 14.5. The van der Waals surface area contributed by atoms with Gasteiger partial charge in [-0.05, 0) is 43.9 Å². The largest absolute Gasteiger partial charge is 0.481 e. The van der Waals surface area contributed by atoms with Crippen molar-refractivity contribution < 1.29 is 14.7 Å². The molecule has 1 aliphatic heterocycles. The van der Waals surface area contributed by atoms with Crippen molar-refractivity contribution in [3.8, 4) is 0 Å². The molecular weight excluding hydrogens is 254 g/mol. The van der Waals surface area contributed by atoms with Crippen LogP contribution < -0.4 is 0 Å². The Hall–Kier alpha value is -1.06. The van der Waals surface area contributed by atoms with E-state index in [0.717, 1.165) is 38.8 Å². The van der Waals surface area contributed by atoms with Crippen molar-refractivity contribution in [2.75, 3.05) is 13.1 Å². The minimum absolute atomic E-state index is 0.219. The molecule has 3 atom stereocenters. The molecule has 3 unspecified atom stereocenters. The summed E-state index contributed by atoms with van der Waals surface area (Å²) in [6, 6.07) is 0. The van der Waals surface area contributed by atoms with Gasteiger partial charge in [-0.1, -0.05) is 19.8 Å². The molecule has 4 nitrogen and oxygen atoms in total. The second-order valence-corrected chi connectivity index (χ2v) is 6.69. The third kappa shape index (κ3) is 4.22. The second kappa shape index (κ2) is 7.09.